The van der Waals surface area contributed by atoms with Crippen molar-refractivity contribution in [2.24, 2.45) is 0 Å². The second-order valence-corrected chi connectivity index (χ2v) is 7.07. The summed E-state index contributed by atoms with van der Waals surface area (Å²) in [5, 5.41) is 8.67. The van der Waals surface area contributed by atoms with Gasteiger partial charge < -0.3 is 10.0 Å². The first-order valence-corrected chi connectivity index (χ1v) is 8.12. The Morgan fingerprint density at radius 2 is 1.72 bits per heavy atom. The number of sulfone groups is 1. The molecule has 1 rings (SSSR count). The van der Waals surface area contributed by atoms with Gasteiger partial charge in [-0.15, -0.1) is 0 Å². The molecule has 1 aliphatic rings. The van der Waals surface area contributed by atoms with Gasteiger partial charge in [0.25, 0.3) is 0 Å². The lowest BCUT2D eigenvalue weighted by atomic mass is 10.3. The Hall–Kier alpha value is -0.660. The van der Waals surface area contributed by atoms with Crippen molar-refractivity contribution in [1.29, 1.82) is 0 Å². The third-order valence-corrected chi connectivity index (χ3v) is 4.98. The lowest BCUT2D eigenvalue weighted by Crippen LogP contribution is -2.48. The fourth-order valence-electron chi connectivity index (χ4n) is 2.01. The van der Waals surface area contributed by atoms with Crippen LogP contribution in [0.5, 0.6) is 0 Å². The summed E-state index contributed by atoms with van der Waals surface area (Å²) in [6.07, 6.45) is 0.662. The van der Waals surface area contributed by atoms with Crippen molar-refractivity contribution in [1.82, 2.24) is 9.80 Å². The van der Waals surface area contributed by atoms with Gasteiger partial charge in [-0.25, -0.2) is 8.42 Å². The highest BCUT2D eigenvalue weighted by Crippen LogP contribution is 2.03. The van der Waals surface area contributed by atoms with Gasteiger partial charge in [0.2, 0.25) is 0 Å². The number of carbonyl (C=O) groups is 1. The van der Waals surface area contributed by atoms with Crippen LogP contribution < -0.4 is 0 Å². The number of nitrogens with zero attached hydrogens (tertiary/aromatic N) is 2. The molecule has 0 radical (unpaired) electrons. The Morgan fingerprint density at radius 3 is 2.22 bits per heavy atom. The summed E-state index contributed by atoms with van der Waals surface area (Å²) in [6.45, 7) is 5.66. The van der Waals surface area contributed by atoms with Gasteiger partial charge in [0.1, 0.15) is 9.84 Å². The van der Waals surface area contributed by atoms with E-state index in [1.807, 2.05) is 4.90 Å². The Labute approximate surface area is 108 Å². The molecule has 6 nitrogen and oxygen atoms in total. The van der Waals surface area contributed by atoms with Crippen LogP contribution in [0.25, 0.3) is 0 Å². The minimum absolute atomic E-state index is 0.0953. The summed E-state index contributed by atoms with van der Waals surface area (Å²) in [4.78, 5) is 14.6. The van der Waals surface area contributed by atoms with E-state index in [4.69, 9.17) is 5.11 Å². The molecule has 0 aromatic carbocycles. The van der Waals surface area contributed by atoms with Gasteiger partial charge in [0.15, 0.2) is 0 Å². The van der Waals surface area contributed by atoms with Crippen LogP contribution in [-0.4, -0.2) is 80.1 Å². The van der Waals surface area contributed by atoms with Crippen molar-refractivity contribution in [3.05, 3.63) is 0 Å². The Kier molecular flexibility index (Phi) is 6.04. The predicted octanol–water partition coefficient (Wildman–Crippen LogP) is -0.487. The van der Waals surface area contributed by atoms with E-state index >= 15 is 0 Å². The average Bonchev–Trinajstić information content (AvgIpc) is 2.30. The average molecular weight is 278 g/mol. The molecular formula is C11H22N2O4S. The lowest BCUT2D eigenvalue weighted by molar-refractivity contribution is -0.138. The zero-order valence-electron chi connectivity index (χ0n) is 10.8. The molecule has 7 heteroatoms. The maximum Gasteiger partial charge on any atom is 0.317 e. The topological polar surface area (TPSA) is 77.9 Å². The molecule has 106 valence electrons. The molecule has 1 N–H and O–H groups in total. The van der Waals surface area contributed by atoms with Gasteiger partial charge in [-0.1, -0.05) is 6.92 Å². The third-order valence-electron chi connectivity index (χ3n) is 3.19. The molecule has 0 aromatic heterocycles. The maximum atomic E-state index is 11.3. The molecule has 0 amide bonds. The molecule has 0 bridgehead atoms. The molecule has 0 saturated carbocycles. The Bertz CT molecular complexity index is 361. The first-order valence-electron chi connectivity index (χ1n) is 6.30. The Morgan fingerprint density at radius 1 is 1.17 bits per heavy atom. The largest absolute Gasteiger partial charge is 0.480 e. The normalized spacial score (nSPS) is 18.9. The second kappa shape index (κ2) is 7.06. The van der Waals surface area contributed by atoms with Crippen LogP contribution in [0, 0.1) is 0 Å². The van der Waals surface area contributed by atoms with E-state index in [0.717, 1.165) is 32.7 Å². The number of aliphatic carboxylic acids is 1. The lowest BCUT2D eigenvalue weighted by Gasteiger charge is -2.33. The number of rotatable bonds is 7. The highest BCUT2D eigenvalue weighted by Gasteiger charge is 2.18. The van der Waals surface area contributed by atoms with E-state index < -0.39 is 15.8 Å². The van der Waals surface area contributed by atoms with Crippen LogP contribution in [0.15, 0.2) is 0 Å². The molecule has 1 fully saturated rings. The molecular weight excluding hydrogens is 256 g/mol. The second-order valence-electron chi connectivity index (χ2n) is 4.60. The number of hydrogen-bond acceptors (Lipinski definition) is 5. The summed E-state index contributed by atoms with van der Waals surface area (Å²) in [5.74, 6) is -0.337. The highest BCUT2D eigenvalue weighted by molar-refractivity contribution is 7.91. The summed E-state index contributed by atoms with van der Waals surface area (Å²) in [5.41, 5.74) is 0. The Balaban J connectivity index is 2.18. The number of carboxylic acids is 1. The first kappa shape index (κ1) is 15.4. The van der Waals surface area contributed by atoms with Crippen molar-refractivity contribution in [3.63, 3.8) is 0 Å². The van der Waals surface area contributed by atoms with Crippen LogP contribution in [0.3, 0.4) is 0 Å². The highest BCUT2D eigenvalue weighted by atomic mass is 32.2. The van der Waals surface area contributed by atoms with Crippen LogP contribution in [0.2, 0.25) is 0 Å². The SMILES string of the molecule is CCS(=O)(=O)CCCN1CCN(CC(=O)O)CC1. The molecule has 0 aliphatic carbocycles. The molecule has 0 unspecified atom stereocenters. The fraction of sp³-hybridized carbons (Fsp3) is 0.909. The molecule has 1 heterocycles. The number of carboxylic acid groups (broad SMARTS) is 1. The molecule has 1 aliphatic heterocycles. The quantitative estimate of drug-likeness (QED) is 0.677. The van der Waals surface area contributed by atoms with E-state index in [2.05, 4.69) is 4.90 Å². The van der Waals surface area contributed by atoms with E-state index in [1.165, 1.54) is 0 Å². The summed E-state index contributed by atoms with van der Waals surface area (Å²) in [6, 6.07) is 0. The monoisotopic (exact) mass is 278 g/mol. The summed E-state index contributed by atoms with van der Waals surface area (Å²) in [7, 11) is -2.86. The number of hydrogen-bond donors (Lipinski definition) is 1. The molecule has 0 spiro atoms. The zero-order valence-corrected chi connectivity index (χ0v) is 11.7. The molecule has 18 heavy (non-hydrogen) atoms. The van der Waals surface area contributed by atoms with E-state index in [1.54, 1.807) is 6.92 Å². The standard InChI is InChI=1S/C11H22N2O4S/c1-2-18(16,17)9-3-4-12-5-7-13(8-6-12)10-11(14)15/h2-10H2,1H3,(H,14,15). The van der Waals surface area contributed by atoms with Gasteiger partial charge in [-0.3, -0.25) is 9.69 Å². The van der Waals surface area contributed by atoms with Crippen molar-refractivity contribution >= 4 is 15.8 Å². The van der Waals surface area contributed by atoms with Crippen LogP contribution in [0.1, 0.15) is 13.3 Å². The van der Waals surface area contributed by atoms with Crippen molar-refractivity contribution in [3.8, 4) is 0 Å². The smallest absolute Gasteiger partial charge is 0.317 e. The van der Waals surface area contributed by atoms with E-state index in [9.17, 15) is 13.2 Å². The minimum atomic E-state index is -2.86. The van der Waals surface area contributed by atoms with Crippen LogP contribution in [0.4, 0.5) is 0 Å². The first-order chi connectivity index (χ1) is 8.43. The van der Waals surface area contributed by atoms with Crippen LogP contribution in [-0.2, 0) is 14.6 Å². The fourth-order valence-corrected chi connectivity index (χ4v) is 2.87. The number of piperazine rings is 1. The van der Waals surface area contributed by atoms with E-state index in [0.29, 0.717) is 6.42 Å². The van der Waals surface area contributed by atoms with Gasteiger partial charge in [-0.05, 0) is 13.0 Å². The van der Waals surface area contributed by atoms with Crippen molar-refractivity contribution in [2.75, 3.05) is 50.8 Å². The van der Waals surface area contributed by atoms with Gasteiger partial charge in [0.05, 0.1) is 12.3 Å². The van der Waals surface area contributed by atoms with Gasteiger partial charge >= 0.3 is 5.97 Å². The maximum absolute atomic E-state index is 11.3. The molecule has 1 saturated heterocycles. The summed E-state index contributed by atoms with van der Waals surface area (Å²) < 4.78 is 22.6. The molecule has 0 atom stereocenters. The van der Waals surface area contributed by atoms with Gasteiger partial charge in [0, 0.05) is 31.9 Å². The van der Waals surface area contributed by atoms with E-state index in [-0.39, 0.29) is 18.1 Å². The minimum Gasteiger partial charge on any atom is -0.480 e. The van der Waals surface area contributed by atoms with Crippen molar-refractivity contribution in [2.45, 2.75) is 13.3 Å². The summed E-state index contributed by atoms with van der Waals surface area (Å²) >= 11 is 0. The van der Waals surface area contributed by atoms with Gasteiger partial charge in [-0.2, -0.15) is 0 Å². The third kappa shape index (κ3) is 5.79. The van der Waals surface area contributed by atoms with Crippen LogP contribution >= 0.6 is 0 Å². The molecule has 0 aromatic rings. The zero-order chi connectivity index (χ0) is 13.6. The van der Waals surface area contributed by atoms with Crippen molar-refractivity contribution < 1.29 is 18.3 Å². The predicted molar refractivity (Wildman–Crippen MR) is 69.5 cm³/mol.